The van der Waals surface area contributed by atoms with E-state index in [-0.39, 0.29) is 0 Å². The van der Waals surface area contributed by atoms with Gasteiger partial charge in [0.05, 0.1) is 0 Å². The molecule has 1 aromatic heterocycles. The van der Waals surface area contributed by atoms with Crippen molar-refractivity contribution in [3.8, 4) is 0 Å². The van der Waals surface area contributed by atoms with Gasteiger partial charge in [0.1, 0.15) is 0 Å². The quantitative estimate of drug-likeness (QED) is 0.422. The Bertz CT molecular complexity index is 655. The lowest BCUT2D eigenvalue weighted by atomic mass is 10.2. The first kappa shape index (κ1) is 10.3. The molecule has 74 valence electrons. The fraction of sp³-hybridized carbons (Fsp3) is 0. The number of hydrogen-bond donors (Lipinski definition) is 0. The van der Waals surface area contributed by atoms with Crippen molar-refractivity contribution in [2.24, 2.45) is 0 Å². The van der Waals surface area contributed by atoms with Crippen molar-refractivity contribution in [1.82, 2.24) is 0 Å². The zero-order chi connectivity index (χ0) is 10.4. The Morgan fingerprint density at radius 3 is 2.53 bits per heavy atom. The van der Waals surface area contributed by atoms with E-state index in [4.69, 9.17) is 0 Å². The number of halogens is 2. The van der Waals surface area contributed by atoms with Crippen molar-refractivity contribution in [3.05, 3.63) is 43.5 Å². The SMILES string of the molecule is Ic1ccc2sc3ccccc3c2c1I. The van der Waals surface area contributed by atoms with Crippen LogP contribution in [0.3, 0.4) is 0 Å². The van der Waals surface area contributed by atoms with Gasteiger partial charge in [0.15, 0.2) is 0 Å². The van der Waals surface area contributed by atoms with Gasteiger partial charge >= 0.3 is 0 Å². The highest BCUT2D eigenvalue weighted by molar-refractivity contribution is 14.1. The van der Waals surface area contributed by atoms with E-state index in [0.29, 0.717) is 0 Å². The smallest absolute Gasteiger partial charge is 0.0366 e. The van der Waals surface area contributed by atoms with Gasteiger partial charge in [0.2, 0.25) is 0 Å². The van der Waals surface area contributed by atoms with Crippen LogP contribution in [-0.4, -0.2) is 0 Å². The molecule has 3 rings (SSSR count). The van der Waals surface area contributed by atoms with Crippen molar-refractivity contribution in [3.63, 3.8) is 0 Å². The third-order valence-electron chi connectivity index (χ3n) is 2.43. The standard InChI is InChI=1S/C12H6I2S/c13-8-5-6-10-11(12(8)14)7-3-1-2-4-9(7)15-10/h1-6H. The first-order valence-electron chi connectivity index (χ1n) is 4.52. The molecule has 0 amide bonds. The van der Waals surface area contributed by atoms with E-state index < -0.39 is 0 Å². The molecule has 0 aliphatic carbocycles. The lowest BCUT2D eigenvalue weighted by molar-refractivity contribution is 1.70. The molecule has 1 heterocycles. The molecule has 0 nitrogen and oxygen atoms in total. The molecule has 0 bridgehead atoms. The lowest BCUT2D eigenvalue weighted by Crippen LogP contribution is -1.78. The average molecular weight is 436 g/mol. The Kier molecular flexibility index (Phi) is 2.64. The summed E-state index contributed by atoms with van der Waals surface area (Å²) in [5.74, 6) is 0. The fourth-order valence-electron chi connectivity index (χ4n) is 1.75. The minimum Gasteiger partial charge on any atom is -0.135 e. The largest absolute Gasteiger partial charge is 0.135 e. The van der Waals surface area contributed by atoms with Gasteiger partial charge in [-0.25, -0.2) is 0 Å². The molecule has 15 heavy (non-hydrogen) atoms. The van der Waals surface area contributed by atoms with E-state index in [2.05, 4.69) is 81.6 Å². The summed E-state index contributed by atoms with van der Waals surface area (Å²) in [6, 6.07) is 13.1. The fourth-order valence-corrected chi connectivity index (χ4v) is 4.26. The van der Waals surface area contributed by atoms with Crippen molar-refractivity contribution < 1.29 is 0 Å². The minimum atomic E-state index is 1.34. The summed E-state index contributed by atoms with van der Waals surface area (Å²) < 4.78 is 5.49. The van der Waals surface area contributed by atoms with Gasteiger partial charge in [-0.1, -0.05) is 18.2 Å². The first-order chi connectivity index (χ1) is 7.27. The topological polar surface area (TPSA) is 0 Å². The summed E-state index contributed by atoms with van der Waals surface area (Å²) in [4.78, 5) is 0. The Labute approximate surface area is 119 Å². The van der Waals surface area contributed by atoms with Crippen LogP contribution in [0.25, 0.3) is 20.2 Å². The van der Waals surface area contributed by atoms with Gasteiger partial charge in [-0.2, -0.15) is 0 Å². The van der Waals surface area contributed by atoms with E-state index in [1.165, 1.54) is 27.3 Å². The monoisotopic (exact) mass is 436 g/mol. The number of thiophene rings is 1. The molecule has 0 saturated carbocycles. The molecule has 2 aromatic carbocycles. The molecule has 0 fully saturated rings. The lowest BCUT2D eigenvalue weighted by Gasteiger charge is -1.98. The molecule has 3 aromatic rings. The Balaban J connectivity index is 2.63. The van der Waals surface area contributed by atoms with Crippen molar-refractivity contribution >= 4 is 76.7 Å². The van der Waals surface area contributed by atoms with Gasteiger partial charge < -0.3 is 0 Å². The molecule has 0 atom stereocenters. The molecule has 3 heteroatoms. The maximum atomic E-state index is 2.45. The normalized spacial score (nSPS) is 11.3. The maximum absolute atomic E-state index is 2.45. The molecule has 0 aliphatic rings. The second kappa shape index (κ2) is 3.85. The maximum Gasteiger partial charge on any atom is 0.0366 e. The summed E-state index contributed by atoms with van der Waals surface area (Å²) >= 11 is 6.72. The molecule has 0 radical (unpaired) electrons. The van der Waals surface area contributed by atoms with E-state index in [9.17, 15) is 0 Å². The molecule has 0 spiro atoms. The van der Waals surface area contributed by atoms with E-state index in [1.54, 1.807) is 0 Å². The van der Waals surface area contributed by atoms with Crippen LogP contribution in [0.5, 0.6) is 0 Å². The highest BCUT2D eigenvalue weighted by atomic mass is 127. The van der Waals surface area contributed by atoms with Crippen LogP contribution < -0.4 is 0 Å². The van der Waals surface area contributed by atoms with Crippen LogP contribution in [-0.2, 0) is 0 Å². The molecule has 0 N–H and O–H groups in total. The second-order valence-corrected chi connectivity index (χ2v) is 6.66. The van der Waals surface area contributed by atoms with E-state index in [1.807, 2.05) is 11.3 Å². The molecular formula is C12H6I2S. The first-order valence-corrected chi connectivity index (χ1v) is 7.50. The Hall–Kier alpha value is 0.120. The van der Waals surface area contributed by atoms with Crippen LogP contribution in [0.15, 0.2) is 36.4 Å². The summed E-state index contributed by atoms with van der Waals surface area (Å²) in [5, 5.41) is 2.81. The molecule has 0 unspecified atom stereocenters. The third kappa shape index (κ3) is 1.59. The average Bonchev–Trinajstić information content (AvgIpc) is 2.62. The Morgan fingerprint density at radius 1 is 0.867 bits per heavy atom. The summed E-state index contributed by atoms with van der Waals surface area (Å²) in [5.41, 5.74) is 0. The summed E-state index contributed by atoms with van der Waals surface area (Å²) in [7, 11) is 0. The number of rotatable bonds is 0. The Morgan fingerprint density at radius 2 is 1.67 bits per heavy atom. The van der Waals surface area contributed by atoms with Crippen molar-refractivity contribution in [1.29, 1.82) is 0 Å². The van der Waals surface area contributed by atoms with Gasteiger partial charge in [-0.3, -0.25) is 0 Å². The minimum absolute atomic E-state index is 1.34. The molecule has 0 saturated heterocycles. The zero-order valence-electron chi connectivity index (χ0n) is 7.63. The van der Waals surface area contributed by atoms with Gasteiger partial charge in [0, 0.05) is 27.3 Å². The van der Waals surface area contributed by atoms with E-state index in [0.717, 1.165) is 0 Å². The van der Waals surface area contributed by atoms with Crippen LogP contribution in [0.1, 0.15) is 0 Å². The summed E-state index contributed by atoms with van der Waals surface area (Å²) in [6.07, 6.45) is 0. The highest BCUT2D eigenvalue weighted by Gasteiger charge is 2.09. The third-order valence-corrected chi connectivity index (χ3v) is 6.62. The summed E-state index contributed by atoms with van der Waals surface area (Å²) in [6.45, 7) is 0. The van der Waals surface area contributed by atoms with Crippen LogP contribution in [0.4, 0.5) is 0 Å². The van der Waals surface area contributed by atoms with Crippen LogP contribution >= 0.6 is 56.5 Å². The van der Waals surface area contributed by atoms with Gasteiger partial charge in [0.25, 0.3) is 0 Å². The predicted octanol–water partition coefficient (Wildman–Crippen LogP) is 5.26. The molecule has 0 aliphatic heterocycles. The predicted molar refractivity (Wildman–Crippen MR) is 84.8 cm³/mol. The van der Waals surface area contributed by atoms with Gasteiger partial charge in [-0.15, -0.1) is 11.3 Å². The van der Waals surface area contributed by atoms with Crippen LogP contribution in [0, 0.1) is 7.14 Å². The number of hydrogen-bond acceptors (Lipinski definition) is 1. The van der Waals surface area contributed by atoms with Crippen molar-refractivity contribution in [2.45, 2.75) is 0 Å². The van der Waals surface area contributed by atoms with Crippen molar-refractivity contribution in [2.75, 3.05) is 0 Å². The van der Waals surface area contributed by atoms with E-state index >= 15 is 0 Å². The molecular weight excluding hydrogens is 430 g/mol. The zero-order valence-corrected chi connectivity index (χ0v) is 12.8. The van der Waals surface area contributed by atoms with Crippen LogP contribution in [0.2, 0.25) is 0 Å². The second-order valence-electron chi connectivity index (χ2n) is 3.33. The highest BCUT2D eigenvalue weighted by Crippen LogP contribution is 2.37. The van der Waals surface area contributed by atoms with Gasteiger partial charge in [-0.05, 0) is 63.4 Å². The number of fused-ring (bicyclic) bond motifs is 3. The number of benzene rings is 2.